The maximum atomic E-state index is 12.8. The van der Waals surface area contributed by atoms with Crippen molar-refractivity contribution in [2.45, 2.75) is 58.0 Å². The summed E-state index contributed by atoms with van der Waals surface area (Å²) in [6.07, 6.45) is 3.40. The molecule has 1 amide bonds. The maximum Gasteiger partial charge on any atom is 0.226 e. The van der Waals surface area contributed by atoms with Crippen molar-refractivity contribution in [3.05, 3.63) is 59.1 Å². The predicted octanol–water partition coefficient (Wildman–Crippen LogP) is 6.47. The summed E-state index contributed by atoms with van der Waals surface area (Å²) in [4.78, 5) is 14.7. The van der Waals surface area contributed by atoms with Gasteiger partial charge in [0.2, 0.25) is 5.91 Å². The molecule has 2 atom stereocenters. The van der Waals surface area contributed by atoms with E-state index in [-0.39, 0.29) is 11.5 Å². The summed E-state index contributed by atoms with van der Waals surface area (Å²) in [5, 5.41) is 0.674. The molecule has 5 heteroatoms. The number of halogens is 1. The van der Waals surface area contributed by atoms with Gasteiger partial charge in [-0.15, -0.1) is 0 Å². The van der Waals surface area contributed by atoms with E-state index in [1.165, 1.54) is 5.56 Å². The van der Waals surface area contributed by atoms with Gasteiger partial charge in [0.05, 0.1) is 12.7 Å². The normalized spacial score (nSPS) is 18.9. The third kappa shape index (κ3) is 6.24. The number of ether oxygens (including phenoxy) is 2. The molecule has 4 nitrogen and oxygen atoms in total. The molecule has 3 rings (SSSR count). The van der Waals surface area contributed by atoms with Crippen molar-refractivity contribution in [2.75, 3.05) is 25.2 Å². The van der Waals surface area contributed by atoms with Crippen molar-refractivity contribution in [2.24, 2.45) is 5.92 Å². The minimum absolute atomic E-state index is 0.122. The summed E-state index contributed by atoms with van der Waals surface area (Å²) in [6, 6.07) is 15.9. The minimum Gasteiger partial charge on any atom is -0.497 e. The molecule has 2 aromatic rings. The lowest BCUT2D eigenvalue weighted by atomic mass is 9.75. The number of nitrogens with zero attached hydrogens (tertiary/aromatic N) is 1. The van der Waals surface area contributed by atoms with Gasteiger partial charge in [0.1, 0.15) is 5.75 Å². The van der Waals surface area contributed by atoms with Crippen molar-refractivity contribution in [1.82, 2.24) is 0 Å². The van der Waals surface area contributed by atoms with Crippen LogP contribution >= 0.6 is 11.6 Å². The van der Waals surface area contributed by atoms with Gasteiger partial charge in [-0.1, -0.05) is 30.7 Å². The van der Waals surface area contributed by atoms with Crippen LogP contribution in [0.2, 0.25) is 5.02 Å². The number of benzene rings is 2. The lowest BCUT2D eigenvalue weighted by molar-refractivity contribution is -0.118. The highest BCUT2D eigenvalue weighted by molar-refractivity contribution is 6.30. The van der Waals surface area contributed by atoms with Crippen LogP contribution in [0.15, 0.2) is 48.5 Å². The van der Waals surface area contributed by atoms with E-state index in [0.29, 0.717) is 29.8 Å². The van der Waals surface area contributed by atoms with Crippen molar-refractivity contribution in [3.63, 3.8) is 0 Å². The highest BCUT2D eigenvalue weighted by atomic mass is 35.5. The number of methoxy groups -OCH3 is 1. The second kappa shape index (κ2) is 10.5. The third-order valence-electron chi connectivity index (χ3n) is 6.25. The molecule has 0 saturated carbocycles. The minimum atomic E-state index is -0.122. The summed E-state index contributed by atoms with van der Waals surface area (Å²) >= 11 is 6.06. The number of carbonyl (C=O) groups excluding carboxylic acids is 1. The second-order valence-electron chi connectivity index (χ2n) is 8.90. The van der Waals surface area contributed by atoms with Gasteiger partial charge in [0.15, 0.2) is 0 Å². The highest BCUT2D eigenvalue weighted by Gasteiger charge is 2.34. The average Bonchev–Trinajstić information content (AvgIpc) is 2.76. The molecule has 1 fully saturated rings. The molecule has 2 aromatic carbocycles. The van der Waals surface area contributed by atoms with Crippen molar-refractivity contribution in [3.8, 4) is 5.75 Å². The molecule has 0 spiro atoms. The van der Waals surface area contributed by atoms with E-state index < -0.39 is 0 Å². The molecule has 0 aromatic heterocycles. The Morgan fingerprint density at radius 3 is 2.45 bits per heavy atom. The van der Waals surface area contributed by atoms with E-state index in [1.54, 1.807) is 7.11 Å². The zero-order valence-electron chi connectivity index (χ0n) is 19.1. The standard InChI is InChI=1S/C26H34ClNO3/c1-5-25(29)28(22-10-8-21(27)9-11-22)16-14-24(19-6-12-23(30-4)13-7-19)20-15-17-31-26(2,3)18-20/h6-13,20,24H,5,14-18H2,1-4H3/t20-,24-/m0/s1. The van der Waals surface area contributed by atoms with Crippen molar-refractivity contribution >= 4 is 23.2 Å². The van der Waals surface area contributed by atoms with Gasteiger partial charge >= 0.3 is 0 Å². The number of carbonyl (C=O) groups is 1. The molecule has 31 heavy (non-hydrogen) atoms. The van der Waals surface area contributed by atoms with E-state index >= 15 is 0 Å². The SMILES string of the molecule is CCC(=O)N(CC[C@@H](c1ccc(OC)cc1)[C@H]1CCOC(C)(C)C1)c1ccc(Cl)cc1. The van der Waals surface area contributed by atoms with Crippen molar-refractivity contribution in [1.29, 1.82) is 0 Å². The zero-order chi connectivity index (χ0) is 22.4. The molecule has 0 aliphatic carbocycles. The Labute approximate surface area is 191 Å². The molecule has 168 valence electrons. The summed E-state index contributed by atoms with van der Waals surface area (Å²) in [7, 11) is 1.69. The number of hydrogen-bond acceptors (Lipinski definition) is 3. The van der Waals surface area contributed by atoms with Crippen LogP contribution in [0.1, 0.15) is 57.9 Å². The Bertz CT molecular complexity index is 848. The first kappa shape index (κ1) is 23.6. The fourth-order valence-electron chi connectivity index (χ4n) is 4.63. The average molecular weight is 444 g/mol. The smallest absolute Gasteiger partial charge is 0.226 e. The molecule has 0 radical (unpaired) electrons. The zero-order valence-corrected chi connectivity index (χ0v) is 19.8. The monoisotopic (exact) mass is 443 g/mol. The number of hydrogen-bond donors (Lipinski definition) is 0. The third-order valence-corrected chi connectivity index (χ3v) is 6.51. The van der Waals surface area contributed by atoms with E-state index in [9.17, 15) is 4.79 Å². The molecule has 0 bridgehead atoms. The number of anilines is 1. The van der Waals surface area contributed by atoms with Crippen LogP contribution in [0.5, 0.6) is 5.75 Å². The first-order chi connectivity index (χ1) is 14.8. The Morgan fingerprint density at radius 2 is 1.87 bits per heavy atom. The van der Waals surface area contributed by atoms with Crippen LogP contribution in [0, 0.1) is 5.92 Å². The summed E-state index contributed by atoms with van der Waals surface area (Å²) in [5.74, 6) is 1.83. The Kier molecular flexibility index (Phi) is 8.01. The molecule has 1 aliphatic rings. The van der Waals surface area contributed by atoms with E-state index in [4.69, 9.17) is 21.1 Å². The fourth-order valence-corrected chi connectivity index (χ4v) is 4.75. The lowest BCUT2D eigenvalue weighted by Gasteiger charge is -2.40. The van der Waals surface area contributed by atoms with Crippen LogP contribution in [-0.4, -0.2) is 31.8 Å². The highest BCUT2D eigenvalue weighted by Crippen LogP contribution is 2.40. The van der Waals surface area contributed by atoms with E-state index in [1.807, 2.05) is 48.2 Å². The van der Waals surface area contributed by atoms with Crippen LogP contribution in [0.3, 0.4) is 0 Å². The molecule has 1 heterocycles. The molecule has 0 N–H and O–H groups in total. The van der Waals surface area contributed by atoms with Crippen LogP contribution in [0.25, 0.3) is 0 Å². The number of amides is 1. The quantitative estimate of drug-likeness (QED) is 0.469. The van der Waals surface area contributed by atoms with Crippen LogP contribution < -0.4 is 9.64 Å². The summed E-state index contributed by atoms with van der Waals surface area (Å²) in [6.45, 7) is 7.70. The van der Waals surface area contributed by atoms with Gasteiger partial charge in [-0.25, -0.2) is 0 Å². The van der Waals surface area contributed by atoms with Gasteiger partial charge in [-0.2, -0.15) is 0 Å². The van der Waals surface area contributed by atoms with Gasteiger partial charge in [0.25, 0.3) is 0 Å². The van der Waals surface area contributed by atoms with E-state index in [0.717, 1.165) is 37.3 Å². The molecular weight excluding hydrogens is 410 g/mol. The molecule has 1 aliphatic heterocycles. The molecule has 1 saturated heterocycles. The predicted molar refractivity (Wildman–Crippen MR) is 127 cm³/mol. The first-order valence-electron chi connectivity index (χ1n) is 11.2. The largest absolute Gasteiger partial charge is 0.497 e. The van der Waals surface area contributed by atoms with Gasteiger partial charge in [-0.3, -0.25) is 4.79 Å². The van der Waals surface area contributed by atoms with Crippen LogP contribution in [0.4, 0.5) is 5.69 Å². The van der Waals surface area contributed by atoms with Crippen molar-refractivity contribution < 1.29 is 14.3 Å². The Balaban J connectivity index is 1.85. The summed E-state index contributed by atoms with van der Waals surface area (Å²) < 4.78 is 11.3. The Hall–Kier alpha value is -2.04. The second-order valence-corrected chi connectivity index (χ2v) is 9.34. The van der Waals surface area contributed by atoms with Gasteiger partial charge < -0.3 is 14.4 Å². The first-order valence-corrected chi connectivity index (χ1v) is 11.5. The fraction of sp³-hybridized carbons (Fsp3) is 0.500. The van der Waals surface area contributed by atoms with Crippen LogP contribution in [-0.2, 0) is 9.53 Å². The molecular formula is C26H34ClNO3. The van der Waals surface area contributed by atoms with E-state index in [2.05, 4.69) is 26.0 Å². The van der Waals surface area contributed by atoms with Gasteiger partial charge in [0, 0.05) is 30.3 Å². The molecule has 0 unspecified atom stereocenters. The lowest BCUT2D eigenvalue weighted by Crippen LogP contribution is -2.38. The maximum absolute atomic E-state index is 12.8. The topological polar surface area (TPSA) is 38.8 Å². The number of rotatable bonds is 8. The Morgan fingerprint density at radius 1 is 1.19 bits per heavy atom. The van der Waals surface area contributed by atoms with Gasteiger partial charge in [-0.05, 0) is 86.9 Å². The summed E-state index contributed by atoms with van der Waals surface area (Å²) in [5.41, 5.74) is 2.07.